The molecule has 3 rings (SSSR count). The molecule has 0 saturated carbocycles. The molecule has 0 radical (unpaired) electrons. The minimum atomic E-state index is -0.608. The van der Waals surface area contributed by atoms with E-state index in [1.165, 1.54) is 16.9 Å². The molecule has 1 aromatic heterocycles. The molecule has 1 aliphatic rings. The summed E-state index contributed by atoms with van der Waals surface area (Å²) in [5, 5.41) is 11.6. The third-order valence-corrected chi connectivity index (χ3v) is 6.98. The summed E-state index contributed by atoms with van der Waals surface area (Å²) in [6, 6.07) is 7.34. The highest BCUT2D eigenvalue weighted by molar-refractivity contribution is 7.14. The van der Waals surface area contributed by atoms with Gasteiger partial charge in [-0.1, -0.05) is 45.0 Å². The second-order valence-electron chi connectivity index (χ2n) is 7.76. The van der Waals surface area contributed by atoms with Gasteiger partial charge in [-0.15, -0.1) is 11.3 Å². The van der Waals surface area contributed by atoms with Gasteiger partial charge in [-0.25, -0.2) is 4.98 Å². The topological polar surface area (TPSA) is 73.7 Å². The van der Waals surface area contributed by atoms with Gasteiger partial charge in [-0.2, -0.15) is 0 Å². The fourth-order valence-electron chi connectivity index (χ4n) is 4.05. The van der Waals surface area contributed by atoms with Crippen molar-refractivity contribution in [2.75, 3.05) is 26.2 Å². The van der Waals surface area contributed by atoms with E-state index in [0.717, 1.165) is 30.1 Å². The number of amides is 1. The van der Waals surface area contributed by atoms with E-state index in [0.29, 0.717) is 23.7 Å². The van der Waals surface area contributed by atoms with Gasteiger partial charge in [-0.05, 0) is 44.5 Å². The summed E-state index contributed by atoms with van der Waals surface area (Å²) in [6.45, 7) is 12.7. The maximum atomic E-state index is 13.5. The number of rotatable bonds is 9. The van der Waals surface area contributed by atoms with Gasteiger partial charge < -0.3 is 14.9 Å². The molecule has 0 fully saturated rings. The largest absolute Gasteiger partial charge is 0.503 e. The highest BCUT2D eigenvalue weighted by Gasteiger charge is 2.44. The van der Waals surface area contributed by atoms with E-state index in [2.05, 4.69) is 30.7 Å². The summed E-state index contributed by atoms with van der Waals surface area (Å²) >= 11 is 1.30. The fourth-order valence-corrected chi connectivity index (χ4v) is 4.93. The Hall–Kier alpha value is -2.51. The maximum Gasteiger partial charge on any atom is 0.290 e. The van der Waals surface area contributed by atoms with Crippen LogP contribution in [0.1, 0.15) is 58.3 Å². The first-order valence-electron chi connectivity index (χ1n) is 10.9. The van der Waals surface area contributed by atoms with E-state index < -0.39 is 17.7 Å². The molecule has 0 aliphatic carbocycles. The Morgan fingerprint density at radius 2 is 1.81 bits per heavy atom. The van der Waals surface area contributed by atoms with Gasteiger partial charge in [0.15, 0.2) is 5.76 Å². The number of hydrogen-bond acceptors (Lipinski definition) is 6. The Morgan fingerprint density at radius 3 is 2.32 bits per heavy atom. The zero-order valence-corrected chi connectivity index (χ0v) is 19.8. The number of aryl methyl sites for hydroxylation is 3. The van der Waals surface area contributed by atoms with Crippen LogP contribution in [0.4, 0.5) is 0 Å². The maximum absolute atomic E-state index is 13.5. The molecule has 7 heteroatoms. The van der Waals surface area contributed by atoms with Crippen LogP contribution in [0.25, 0.3) is 0 Å². The van der Waals surface area contributed by atoms with Crippen molar-refractivity contribution in [1.29, 1.82) is 0 Å². The third kappa shape index (κ3) is 4.57. The lowest BCUT2D eigenvalue weighted by Gasteiger charge is -2.29. The molecule has 0 saturated heterocycles. The molecular weight excluding hydrogens is 410 g/mol. The van der Waals surface area contributed by atoms with E-state index in [4.69, 9.17) is 0 Å². The van der Waals surface area contributed by atoms with E-state index in [9.17, 15) is 14.7 Å². The van der Waals surface area contributed by atoms with Crippen molar-refractivity contribution < 1.29 is 14.7 Å². The second kappa shape index (κ2) is 9.75. The predicted octanol–water partition coefficient (Wildman–Crippen LogP) is 4.24. The molecule has 1 unspecified atom stereocenters. The number of aliphatic hydroxyl groups excluding tert-OH is 1. The Balaban J connectivity index is 2.04. The number of benzene rings is 1. The first-order valence-corrected chi connectivity index (χ1v) is 11.7. The smallest absolute Gasteiger partial charge is 0.290 e. The fraction of sp³-hybridized carbons (Fsp3) is 0.458. The van der Waals surface area contributed by atoms with Crippen LogP contribution in [0, 0.1) is 13.8 Å². The number of hydrogen-bond donors (Lipinski definition) is 1. The number of Topliss-reactive ketones (excluding diaryl/α,β-unsaturated/α-hetero) is 1. The van der Waals surface area contributed by atoms with Gasteiger partial charge in [0.1, 0.15) is 0 Å². The Kier molecular flexibility index (Phi) is 7.28. The van der Waals surface area contributed by atoms with Crippen molar-refractivity contribution in [3.63, 3.8) is 0 Å². The normalized spacial score (nSPS) is 16.6. The van der Waals surface area contributed by atoms with Crippen molar-refractivity contribution in [3.05, 3.63) is 62.3 Å². The molecule has 1 amide bonds. The summed E-state index contributed by atoms with van der Waals surface area (Å²) in [7, 11) is 0. The van der Waals surface area contributed by atoms with Crippen LogP contribution in [0.3, 0.4) is 0 Å². The standard InChI is InChI=1S/C24H31N3O3S/c1-6-17-9-11-18(12-10-17)20-19(21(28)23-15(4)25-16(5)31-23)22(29)24(30)27(20)14-13-26(7-2)8-3/h9-12,20,29H,6-8,13-14H2,1-5H3. The number of thiazole rings is 1. The summed E-state index contributed by atoms with van der Waals surface area (Å²) in [4.78, 5) is 35.3. The van der Waals surface area contributed by atoms with Crippen molar-refractivity contribution >= 4 is 23.0 Å². The second-order valence-corrected chi connectivity index (χ2v) is 8.97. The van der Waals surface area contributed by atoms with Gasteiger partial charge in [0, 0.05) is 13.1 Å². The third-order valence-electron chi connectivity index (χ3n) is 5.91. The van der Waals surface area contributed by atoms with Crippen LogP contribution >= 0.6 is 11.3 Å². The lowest BCUT2D eigenvalue weighted by Crippen LogP contribution is -2.38. The molecule has 2 heterocycles. The van der Waals surface area contributed by atoms with Gasteiger partial charge in [0.2, 0.25) is 5.78 Å². The van der Waals surface area contributed by atoms with E-state index in [-0.39, 0.29) is 11.4 Å². The minimum absolute atomic E-state index is 0.153. The summed E-state index contributed by atoms with van der Waals surface area (Å²) < 4.78 is 0. The predicted molar refractivity (Wildman–Crippen MR) is 124 cm³/mol. The number of likely N-dealkylation sites (N-methyl/N-ethyl adjacent to an activating group) is 1. The highest BCUT2D eigenvalue weighted by atomic mass is 32.1. The van der Waals surface area contributed by atoms with Crippen LogP contribution in [0.5, 0.6) is 0 Å². The number of carbonyl (C=O) groups excluding carboxylic acids is 2. The van der Waals surface area contributed by atoms with Crippen molar-refractivity contribution in [3.8, 4) is 0 Å². The first-order chi connectivity index (χ1) is 14.8. The van der Waals surface area contributed by atoms with Gasteiger partial charge >= 0.3 is 0 Å². The van der Waals surface area contributed by atoms with E-state index in [1.807, 2.05) is 31.2 Å². The van der Waals surface area contributed by atoms with Crippen molar-refractivity contribution in [2.45, 2.75) is 47.1 Å². The average Bonchev–Trinajstić information content (AvgIpc) is 3.24. The van der Waals surface area contributed by atoms with Crippen LogP contribution in [-0.4, -0.2) is 57.8 Å². The molecule has 1 aromatic carbocycles. The minimum Gasteiger partial charge on any atom is -0.503 e. The quantitative estimate of drug-likeness (QED) is 0.589. The Labute approximate surface area is 188 Å². The molecule has 166 valence electrons. The number of aliphatic hydroxyl groups is 1. The molecule has 1 N–H and O–H groups in total. The lowest BCUT2D eigenvalue weighted by molar-refractivity contribution is -0.129. The monoisotopic (exact) mass is 441 g/mol. The molecule has 1 aliphatic heterocycles. The van der Waals surface area contributed by atoms with Crippen molar-refractivity contribution in [2.24, 2.45) is 0 Å². The summed E-state index contributed by atoms with van der Waals surface area (Å²) in [6.07, 6.45) is 0.905. The number of nitrogens with zero attached hydrogens (tertiary/aromatic N) is 3. The van der Waals surface area contributed by atoms with Crippen LogP contribution in [-0.2, 0) is 11.2 Å². The number of carbonyl (C=O) groups is 2. The molecule has 0 bridgehead atoms. The van der Waals surface area contributed by atoms with Crippen LogP contribution in [0.15, 0.2) is 35.6 Å². The molecule has 0 spiro atoms. The number of aromatic nitrogens is 1. The van der Waals surface area contributed by atoms with Gasteiger partial charge in [0.05, 0.1) is 27.2 Å². The Morgan fingerprint density at radius 1 is 1.16 bits per heavy atom. The zero-order valence-electron chi connectivity index (χ0n) is 18.9. The zero-order chi connectivity index (χ0) is 22.7. The SMILES string of the molecule is CCc1ccc(C2C(C(=O)c3sc(C)nc3C)=C(O)C(=O)N2CCN(CC)CC)cc1. The van der Waals surface area contributed by atoms with E-state index in [1.54, 1.807) is 11.8 Å². The molecule has 2 aromatic rings. The van der Waals surface area contributed by atoms with Crippen LogP contribution < -0.4 is 0 Å². The van der Waals surface area contributed by atoms with Crippen LogP contribution in [0.2, 0.25) is 0 Å². The summed E-state index contributed by atoms with van der Waals surface area (Å²) in [5.41, 5.74) is 2.79. The highest BCUT2D eigenvalue weighted by Crippen LogP contribution is 2.40. The Bertz CT molecular complexity index is 990. The molecule has 1 atom stereocenters. The molecular formula is C24H31N3O3S. The first kappa shape index (κ1) is 23.2. The number of ketones is 1. The summed E-state index contributed by atoms with van der Waals surface area (Å²) in [5.74, 6) is -1.25. The molecule has 31 heavy (non-hydrogen) atoms. The molecule has 6 nitrogen and oxygen atoms in total. The lowest BCUT2D eigenvalue weighted by atomic mass is 9.94. The van der Waals surface area contributed by atoms with Gasteiger partial charge in [0.25, 0.3) is 5.91 Å². The average molecular weight is 442 g/mol. The van der Waals surface area contributed by atoms with Crippen molar-refractivity contribution in [1.82, 2.24) is 14.8 Å². The van der Waals surface area contributed by atoms with Gasteiger partial charge in [-0.3, -0.25) is 9.59 Å². The van der Waals surface area contributed by atoms with E-state index >= 15 is 0 Å².